The Morgan fingerprint density at radius 2 is 1.90 bits per heavy atom. The fraction of sp³-hybridized carbons (Fsp3) is 0.227. The van der Waals surface area contributed by atoms with E-state index in [1.807, 2.05) is 37.3 Å². The highest BCUT2D eigenvalue weighted by atomic mass is 32.2. The molecule has 3 rings (SSSR count). The maximum Gasteiger partial charge on any atom is 0.341 e. The maximum atomic E-state index is 13.0. The summed E-state index contributed by atoms with van der Waals surface area (Å²) in [5.74, 6) is -0.707. The predicted octanol–water partition coefficient (Wildman–Crippen LogP) is 3.79. The van der Waals surface area contributed by atoms with Gasteiger partial charge in [0.1, 0.15) is 5.75 Å². The Morgan fingerprint density at radius 1 is 1.17 bits per heavy atom. The smallest absolute Gasteiger partial charge is 0.341 e. The minimum Gasteiger partial charge on any atom is -0.482 e. The number of carboxylic acids is 1. The van der Waals surface area contributed by atoms with Crippen LogP contribution in [0.5, 0.6) is 5.75 Å². The zero-order valence-electron chi connectivity index (χ0n) is 16.5. The van der Waals surface area contributed by atoms with Gasteiger partial charge in [-0.1, -0.05) is 30.3 Å². The Kier molecular flexibility index (Phi) is 7.64. The van der Waals surface area contributed by atoms with Gasteiger partial charge in [-0.15, -0.1) is 0 Å². The molecule has 0 atom stereocenters. The van der Waals surface area contributed by atoms with Gasteiger partial charge in [-0.05, 0) is 54.6 Å². The molecule has 1 aliphatic heterocycles. The van der Waals surface area contributed by atoms with Crippen LogP contribution in [0, 0.1) is 0 Å². The van der Waals surface area contributed by atoms with E-state index in [0.717, 1.165) is 11.3 Å². The molecule has 1 amide bonds. The first kappa shape index (κ1) is 21.6. The number of amidine groups is 1. The van der Waals surface area contributed by atoms with Crippen LogP contribution in [0.3, 0.4) is 0 Å². The second-order valence-corrected chi connectivity index (χ2v) is 7.25. The summed E-state index contributed by atoms with van der Waals surface area (Å²) < 4.78 is 10.6. The van der Waals surface area contributed by atoms with Crippen molar-refractivity contribution in [2.45, 2.75) is 6.92 Å². The number of carbonyl (C=O) groups is 2. The van der Waals surface area contributed by atoms with Crippen LogP contribution in [0.2, 0.25) is 0 Å². The first-order chi connectivity index (χ1) is 14.6. The molecular weight excluding hydrogens is 404 g/mol. The molecule has 0 spiro atoms. The first-order valence-electron chi connectivity index (χ1n) is 9.44. The van der Waals surface area contributed by atoms with E-state index in [2.05, 4.69) is 4.99 Å². The van der Waals surface area contributed by atoms with Gasteiger partial charge in [0.15, 0.2) is 11.8 Å². The molecule has 7 nitrogen and oxygen atoms in total. The largest absolute Gasteiger partial charge is 0.482 e. The van der Waals surface area contributed by atoms with Gasteiger partial charge in [-0.25, -0.2) is 9.79 Å². The number of benzene rings is 2. The lowest BCUT2D eigenvalue weighted by atomic mass is 10.2. The molecule has 0 radical (unpaired) electrons. The van der Waals surface area contributed by atoms with Crippen LogP contribution in [0.1, 0.15) is 12.5 Å². The zero-order chi connectivity index (χ0) is 21.3. The van der Waals surface area contributed by atoms with Gasteiger partial charge >= 0.3 is 5.97 Å². The summed E-state index contributed by atoms with van der Waals surface area (Å²) in [4.78, 5) is 30.4. The fourth-order valence-electron chi connectivity index (χ4n) is 2.66. The monoisotopic (exact) mass is 426 g/mol. The van der Waals surface area contributed by atoms with E-state index in [0.29, 0.717) is 35.6 Å². The number of amides is 1. The van der Waals surface area contributed by atoms with E-state index >= 15 is 0 Å². The van der Waals surface area contributed by atoms with Gasteiger partial charge in [0, 0.05) is 6.61 Å². The van der Waals surface area contributed by atoms with Crippen LogP contribution in [0.15, 0.2) is 64.5 Å². The molecule has 156 valence electrons. The highest BCUT2D eigenvalue weighted by Crippen LogP contribution is 2.34. The normalized spacial score (nSPS) is 16.4. The molecule has 0 aliphatic carbocycles. The van der Waals surface area contributed by atoms with Gasteiger partial charge in [0.2, 0.25) is 0 Å². The number of rotatable bonds is 9. The Labute approximate surface area is 179 Å². The SMILES string of the molecule is CCOCCN1C(=O)/C(=C/c2ccc(OCC(=O)O)cc2)SC1=Nc1ccccc1. The van der Waals surface area contributed by atoms with Crippen molar-refractivity contribution in [3.63, 3.8) is 0 Å². The van der Waals surface area contributed by atoms with Crippen LogP contribution in [0.25, 0.3) is 6.08 Å². The molecule has 1 saturated heterocycles. The van der Waals surface area contributed by atoms with Crippen LogP contribution in [0.4, 0.5) is 5.69 Å². The van der Waals surface area contributed by atoms with Crippen molar-refractivity contribution in [2.75, 3.05) is 26.4 Å². The van der Waals surface area contributed by atoms with Crippen LogP contribution < -0.4 is 4.74 Å². The molecule has 0 aromatic heterocycles. The lowest BCUT2D eigenvalue weighted by Gasteiger charge is -2.15. The molecule has 0 saturated carbocycles. The molecule has 30 heavy (non-hydrogen) atoms. The van der Waals surface area contributed by atoms with E-state index in [-0.39, 0.29) is 5.91 Å². The van der Waals surface area contributed by atoms with E-state index in [1.54, 1.807) is 35.2 Å². The van der Waals surface area contributed by atoms with E-state index in [1.165, 1.54) is 11.8 Å². The van der Waals surface area contributed by atoms with Crippen molar-refractivity contribution in [1.29, 1.82) is 0 Å². The molecule has 8 heteroatoms. The molecular formula is C22H22N2O5S. The lowest BCUT2D eigenvalue weighted by Crippen LogP contribution is -2.32. The number of aliphatic carboxylic acids is 1. The molecule has 1 aliphatic rings. The van der Waals surface area contributed by atoms with E-state index < -0.39 is 12.6 Å². The maximum absolute atomic E-state index is 13.0. The number of carboxylic acid groups (broad SMARTS) is 1. The highest BCUT2D eigenvalue weighted by Gasteiger charge is 2.33. The average molecular weight is 426 g/mol. The zero-order valence-corrected chi connectivity index (χ0v) is 17.3. The quantitative estimate of drug-likeness (QED) is 0.485. The van der Waals surface area contributed by atoms with Crippen molar-refractivity contribution >= 4 is 40.6 Å². The van der Waals surface area contributed by atoms with Crippen molar-refractivity contribution in [3.8, 4) is 5.75 Å². The van der Waals surface area contributed by atoms with Crippen molar-refractivity contribution in [1.82, 2.24) is 4.90 Å². The van der Waals surface area contributed by atoms with Gasteiger partial charge in [0.25, 0.3) is 5.91 Å². The van der Waals surface area contributed by atoms with Crippen LogP contribution >= 0.6 is 11.8 Å². The summed E-state index contributed by atoms with van der Waals surface area (Å²) in [5.41, 5.74) is 1.58. The number of hydrogen-bond donors (Lipinski definition) is 1. The number of hydrogen-bond acceptors (Lipinski definition) is 6. The van der Waals surface area contributed by atoms with Crippen LogP contribution in [-0.4, -0.2) is 53.4 Å². The number of carbonyl (C=O) groups excluding carboxylic acids is 1. The Bertz CT molecular complexity index is 942. The second-order valence-electron chi connectivity index (χ2n) is 6.25. The number of thioether (sulfide) groups is 1. The van der Waals surface area contributed by atoms with E-state index in [4.69, 9.17) is 14.6 Å². The molecule has 2 aromatic carbocycles. The van der Waals surface area contributed by atoms with Crippen molar-refractivity contribution < 1.29 is 24.2 Å². The Balaban J connectivity index is 1.79. The summed E-state index contributed by atoms with van der Waals surface area (Å²) in [6.07, 6.45) is 1.79. The van der Waals surface area contributed by atoms with Crippen molar-refractivity contribution in [3.05, 3.63) is 65.1 Å². The summed E-state index contributed by atoms with van der Waals surface area (Å²) in [6.45, 7) is 2.95. The third-order valence-electron chi connectivity index (χ3n) is 4.07. The van der Waals surface area contributed by atoms with Crippen molar-refractivity contribution in [2.24, 2.45) is 4.99 Å². The third kappa shape index (κ3) is 5.95. The molecule has 0 unspecified atom stereocenters. The number of nitrogens with zero attached hydrogens (tertiary/aromatic N) is 2. The molecule has 1 N–H and O–H groups in total. The number of ether oxygens (including phenoxy) is 2. The number of aliphatic imine (C=N–C) groups is 1. The third-order valence-corrected chi connectivity index (χ3v) is 5.08. The van der Waals surface area contributed by atoms with Gasteiger partial charge < -0.3 is 14.6 Å². The first-order valence-corrected chi connectivity index (χ1v) is 10.3. The molecule has 2 aromatic rings. The van der Waals surface area contributed by atoms with Gasteiger partial charge in [0.05, 0.1) is 23.7 Å². The predicted molar refractivity (Wildman–Crippen MR) is 117 cm³/mol. The topological polar surface area (TPSA) is 88.4 Å². The van der Waals surface area contributed by atoms with Crippen LogP contribution in [-0.2, 0) is 14.3 Å². The summed E-state index contributed by atoms with van der Waals surface area (Å²) in [6, 6.07) is 16.4. The summed E-state index contributed by atoms with van der Waals surface area (Å²) in [5, 5.41) is 9.29. The fourth-order valence-corrected chi connectivity index (χ4v) is 3.68. The highest BCUT2D eigenvalue weighted by molar-refractivity contribution is 8.18. The van der Waals surface area contributed by atoms with E-state index in [9.17, 15) is 9.59 Å². The second kappa shape index (κ2) is 10.6. The van der Waals surface area contributed by atoms with Gasteiger partial charge in [-0.2, -0.15) is 0 Å². The lowest BCUT2D eigenvalue weighted by molar-refractivity contribution is -0.139. The van der Waals surface area contributed by atoms with Gasteiger partial charge in [-0.3, -0.25) is 9.69 Å². The molecule has 1 heterocycles. The molecule has 1 fully saturated rings. The Morgan fingerprint density at radius 3 is 2.57 bits per heavy atom. The number of para-hydroxylation sites is 1. The minimum atomic E-state index is -1.04. The molecule has 0 bridgehead atoms. The standard InChI is InChI=1S/C22H22N2O5S/c1-2-28-13-12-24-21(27)19(30-22(24)23-17-6-4-3-5-7-17)14-16-8-10-18(11-9-16)29-15-20(25)26/h3-11,14H,2,12-13,15H2,1H3,(H,25,26)/b19-14-,23-22?. The Hall–Kier alpha value is -3.10. The minimum absolute atomic E-state index is 0.124. The summed E-state index contributed by atoms with van der Waals surface area (Å²) >= 11 is 1.32. The average Bonchev–Trinajstić information content (AvgIpc) is 3.03. The summed E-state index contributed by atoms with van der Waals surface area (Å²) in [7, 11) is 0.